The normalized spacial score (nSPS) is 21.0. The lowest BCUT2D eigenvalue weighted by molar-refractivity contribution is -0.137. The van der Waals surface area contributed by atoms with Gasteiger partial charge in [-0.15, -0.1) is 0 Å². The van der Waals surface area contributed by atoms with Crippen molar-refractivity contribution in [1.29, 1.82) is 0 Å². The summed E-state index contributed by atoms with van der Waals surface area (Å²) in [5.74, 6) is 0. The molecule has 2 heterocycles. The Morgan fingerprint density at radius 1 is 1.03 bits per heavy atom. The first-order valence-corrected chi connectivity index (χ1v) is 12.4. The lowest BCUT2D eigenvalue weighted by atomic mass is 9.70. The molecule has 0 spiro atoms. The molecule has 2 aliphatic rings. The number of aromatic nitrogens is 2. The van der Waals surface area contributed by atoms with Crippen LogP contribution in [0.2, 0.25) is 0 Å². The number of piperidine rings is 1. The van der Waals surface area contributed by atoms with Crippen LogP contribution in [-0.4, -0.2) is 35.6 Å². The van der Waals surface area contributed by atoms with Gasteiger partial charge in [-0.1, -0.05) is 30.2 Å². The molecule has 0 bridgehead atoms. The Labute approximate surface area is 196 Å². The van der Waals surface area contributed by atoms with Gasteiger partial charge in [0, 0.05) is 18.5 Å². The summed E-state index contributed by atoms with van der Waals surface area (Å²) in [4.78, 5) is 0.292. The third-order valence-corrected chi connectivity index (χ3v) is 8.67. The summed E-state index contributed by atoms with van der Waals surface area (Å²) < 4.78 is 68.5. The molecule has 3 aromatic rings. The number of halogens is 3. The van der Waals surface area contributed by atoms with Crippen LogP contribution in [0.1, 0.15) is 35.7 Å². The van der Waals surface area contributed by atoms with Crippen LogP contribution in [0.5, 0.6) is 0 Å². The molecule has 5 rings (SSSR count). The molecule has 178 valence electrons. The quantitative estimate of drug-likeness (QED) is 0.508. The molecule has 0 saturated carbocycles. The average molecular weight is 488 g/mol. The molecular weight excluding hydrogens is 463 g/mol. The summed E-state index contributed by atoms with van der Waals surface area (Å²) in [6.45, 7) is 4.72. The van der Waals surface area contributed by atoms with E-state index < -0.39 is 21.8 Å². The minimum absolute atomic E-state index is 0.292. The zero-order valence-corrected chi connectivity index (χ0v) is 19.6. The Morgan fingerprint density at radius 3 is 2.35 bits per heavy atom. The highest BCUT2D eigenvalue weighted by atomic mass is 32.2. The highest BCUT2D eigenvalue weighted by Crippen LogP contribution is 2.45. The zero-order chi connectivity index (χ0) is 24.3. The first-order chi connectivity index (χ1) is 16.0. The van der Waals surface area contributed by atoms with Crippen molar-refractivity contribution in [3.63, 3.8) is 0 Å². The predicted octanol–water partition coefficient (Wildman–Crippen LogP) is 5.24. The van der Waals surface area contributed by atoms with E-state index in [0.717, 1.165) is 34.5 Å². The van der Waals surface area contributed by atoms with Gasteiger partial charge in [-0.2, -0.15) is 22.6 Å². The summed E-state index contributed by atoms with van der Waals surface area (Å²) in [5.41, 5.74) is 3.38. The lowest BCUT2D eigenvalue weighted by Gasteiger charge is -2.43. The van der Waals surface area contributed by atoms with Crippen LogP contribution in [0.4, 0.5) is 13.2 Å². The number of aryl methyl sites for hydroxylation is 1. The topological polar surface area (TPSA) is 55.2 Å². The minimum atomic E-state index is -4.39. The number of rotatable bonds is 3. The van der Waals surface area contributed by atoms with E-state index in [1.54, 1.807) is 39.4 Å². The second kappa shape index (κ2) is 7.81. The van der Waals surface area contributed by atoms with Crippen molar-refractivity contribution in [2.24, 2.45) is 5.41 Å². The highest BCUT2D eigenvalue weighted by molar-refractivity contribution is 7.89. The average Bonchev–Trinajstić information content (AvgIpc) is 3.18. The first-order valence-electron chi connectivity index (χ1n) is 11.0. The van der Waals surface area contributed by atoms with Gasteiger partial charge >= 0.3 is 6.18 Å². The van der Waals surface area contributed by atoms with Crippen LogP contribution in [0, 0.1) is 12.3 Å². The maximum atomic E-state index is 13.3. The minimum Gasteiger partial charge on any atom is -0.233 e. The fourth-order valence-corrected chi connectivity index (χ4v) is 6.43. The molecule has 0 unspecified atom stereocenters. The van der Waals surface area contributed by atoms with Crippen molar-refractivity contribution < 1.29 is 21.6 Å². The maximum Gasteiger partial charge on any atom is 0.416 e. The predicted molar refractivity (Wildman–Crippen MR) is 123 cm³/mol. The molecule has 0 amide bonds. The van der Waals surface area contributed by atoms with Gasteiger partial charge in [0.05, 0.1) is 28.0 Å². The third kappa shape index (κ3) is 3.86. The van der Waals surface area contributed by atoms with Gasteiger partial charge in [0.2, 0.25) is 10.0 Å². The fraction of sp³-hybridized carbons (Fsp3) is 0.320. The Balaban J connectivity index is 1.43. The van der Waals surface area contributed by atoms with Gasteiger partial charge in [-0.3, -0.25) is 0 Å². The van der Waals surface area contributed by atoms with E-state index in [4.69, 9.17) is 0 Å². The van der Waals surface area contributed by atoms with E-state index in [0.29, 0.717) is 36.5 Å². The molecule has 1 aromatic heterocycles. The van der Waals surface area contributed by atoms with E-state index in [2.05, 4.69) is 12.0 Å². The largest absolute Gasteiger partial charge is 0.416 e. The maximum absolute atomic E-state index is 13.3. The van der Waals surface area contributed by atoms with Crippen molar-refractivity contribution in [3.8, 4) is 5.69 Å². The van der Waals surface area contributed by atoms with Crippen molar-refractivity contribution in [2.75, 3.05) is 13.1 Å². The highest BCUT2D eigenvalue weighted by Gasteiger charge is 2.43. The van der Waals surface area contributed by atoms with Crippen LogP contribution in [0.3, 0.4) is 0 Å². The van der Waals surface area contributed by atoms with Crippen LogP contribution in [-0.2, 0) is 22.6 Å². The summed E-state index contributed by atoms with van der Waals surface area (Å²) in [6, 6.07) is 11.8. The summed E-state index contributed by atoms with van der Waals surface area (Å²) in [6.07, 6.45) is 0.547. The van der Waals surface area contributed by atoms with E-state index in [1.807, 2.05) is 13.0 Å². The van der Waals surface area contributed by atoms with Crippen molar-refractivity contribution in [1.82, 2.24) is 14.1 Å². The van der Waals surface area contributed by atoms with Crippen LogP contribution in [0.25, 0.3) is 11.8 Å². The second-order valence-corrected chi connectivity index (χ2v) is 11.3. The SMILES string of the molecule is Cc1ccc(S(=O)(=O)N2CCC3=Cc4c(cnn4-c4ccc(C(F)(F)F)cc4)C[C@]3(C)C2)cc1. The monoisotopic (exact) mass is 487 g/mol. The third-order valence-electron chi connectivity index (χ3n) is 6.81. The number of benzene rings is 2. The first kappa shape index (κ1) is 22.9. The number of fused-ring (bicyclic) bond motifs is 2. The van der Waals surface area contributed by atoms with Gasteiger partial charge in [0.25, 0.3) is 0 Å². The van der Waals surface area contributed by atoms with Gasteiger partial charge in [-0.05, 0) is 67.8 Å². The number of sulfonamides is 1. The van der Waals surface area contributed by atoms with Gasteiger partial charge in [0.15, 0.2) is 0 Å². The van der Waals surface area contributed by atoms with Crippen LogP contribution < -0.4 is 0 Å². The molecule has 2 aromatic carbocycles. The summed E-state index contributed by atoms with van der Waals surface area (Å²) >= 11 is 0. The number of hydrogen-bond donors (Lipinski definition) is 0. The van der Waals surface area contributed by atoms with E-state index in [-0.39, 0.29) is 5.41 Å². The van der Waals surface area contributed by atoms with E-state index in [9.17, 15) is 21.6 Å². The van der Waals surface area contributed by atoms with E-state index in [1.165, 1.54) is 12.1 Å². The van der Waals surface area contributed by atoms with Crippen molar-refractivity contribution >= 4 is 16.1 Å². The Kier molecular flexibility index (Phi) is 5.25. The second-order valence-electron chi connectivity index (χ2n) is 9.32. The number of nitrogens with zero attached hydrogens (tertiary/aromatic N) is 3. The Morgan fingerprint density at radius 2 is 1.71 bits per heavy atom. The van der Waals surface area contributed by atoms with Gasteiger partial charge in [-0.25, -0.2) is 13.1 Å². The Bertz CT molecular complexity index is 1370. The lowest BCUT2D eigenvalue weighted by Crippen LogP contribution is -2.47. The molecule has 1 atom stereocenters. The molecule has 1 saturated heterocycles. The van der Waals surface area contributed by atoms with Gasteiger partial charge in [0.1, 0.15) is 0 Å². The molecule has 0 N–H and O–H groups in total. The molecule has 1 aliphatic carbocycles. The number of alkyl halides is 3. The standard InChI is InChI=1S/C25H24F3N3O2S/c1-17-3-9-22(10-4-17)34(32,33)30-12-11-20-13-23-18(14-24(20,2)16-30)15-29-31(23)21-7-5-19(6-8-21)25(26,27)28/h3-10,13,15H,11-12,14,16H2,1-2H3/t24-/m1/s1. The summed E-state index contributed by atoms with van der Waals surface area (Å²) in [7, 11) is -3.61. The fourth-order valence-electron chi connectivity index (χ4n) is 4.86. The molecular formula is C25H24F3N3O2S. The molecule has 5 nitrogen and oxygen atoms in total. The smallest absolute Gasteiger partial charge is 0.233 e. The molecule has 1 fully saturated rings. The number of hydrogen-bond acceptors (Lipinski definition) is 3. The molecule has 0 radical (unpaired) electrons. The van der Waals surface area contributed by atoms with Crippen molar-refractivity contribution in [2.45, 2.75) is 37.8 Å². The van der Waals surface area contributed by atoms with Crippen LogP contribution in [0.15, 0.2) is 65.2 Å². The van der Waals surface area contributed by atoms with Gasteiger partial charge < -0.3 is 0 Å². The van der Waals surface area contributed by atoms with Crippen LogP contribution >= 0.6 is 0 Å². The molecule has 9 heteroatoms. The zero-order valence-electron chi connectivity index (χ0n) is 18.8. The molecule has 34 heavy (non-hydrogen) atoms. The Hall–Kier alpha value is -2.91. The summed E-state index contributed by atoms with van der Waals surface area (Å²) in [5, 5.41) is 4.43. The van der Waals surface area contributed by atoms with E-state index >= 15 is 0 Å². The molecule has 1 aliphatic heterocycles. The van der Waals surface area contributed by atoms with Crippen molar-refractivity contribution in [3.05, 3.63) is 82.7 Å².